The summed E-state index contributed by atoms with van der Waals surface area (Å²) in [6.07, 6.45) is 1.51. The van der Waals surface area contributed by atoms with Crippen molar-refractivity contribution in [2.45, 2.75) is 39.3 Å². The molecule has 0 aliphatic carbocycles. The Kier molecular flexibility index (Phi) is 7.46. The Morgan fingerprint density at radius 3 is 2.50 bits per heavy atom. The van der Waals surface area contributed by atoms with E-state index in [1.807, 2.05) is 62.4 Å². The summed E-state index contributed by atoms with van der Waals surface area (Å²) in [7, 11) is 1.59. The van der Waals surface area contributed by atoms with Crippen LogP contribution in [0.25, 0.3) is 0 Å². The minimum absolute atomic E-state index is 0.00269. The van der Waals surface area contributed by atoms with Crippen LogP contribution < -0.4 is 15.4 Å². The maximum absolute atomic E-state index is 12.8. The molecule has 30 heavy (non-hydrogen) atoms. The van der Waals surface area contributed by atoms with Gasteiger partial charge < -0.3 is 15.4 Å². The van der Waals surface area contributed by atoms with Crippen LogP contribution >= 0.6 is 0 Å². The topological polar surface area (TPSA) is 70.7 Å². The SMILES string of the molecule is COc1ccc(C)cc1NC(=O)[C@@H](C)N1CCC(C(=O)NCc2ccccc2)CC1. The number of anilines is 1. The molecule has 1 aliphatic rings. The molecular weight excluding hydrogens is 378 g/mol. The molecule has 2 amide bonds. The van der Waals surface area contributed by atoms with Gasteiger partial charge in [0.1, 0.15) is 5.75 Å². The molecule has 0 bridgehead atoms. The lowest BCUT2D eigenvalue weighted by molar-refractivity contribution is -0.127. The van der Waals surface area contributed by atoms with Crippen LogP contribution in [0.4, 0.5) is 5.69 Å². The first kappa shape index (κ1) is 21.8. The van der Waals surface area contributed by atoms with E-state index in [1.54, 1.807) is 7.11 Å². The molecule has 1 aliphatic heterocycles. The zero-order valence-corrected chi connectivity index (χ0v) is 18.0. The average molecular weight is 410 g/mol. The third kappa shape index (κ3) is 5.60. The summed E-state index contributed by atoms with van der Waals surface area (Å²) in [5, 5.41) is 6.02. The minimum Gasteiger partial charge on any atom is -0.495 e. The maximum atomic E-state index is 12.8. The first-order valence-corrected chi connectivity index (χ1v) is 10.5. The van der Waals surface area contributed by atoms with E-state index in [9.17, 15) is 9.59 Å². The summed E-state index contributed by atoms with van der Waals surface area (Å²) in [6, 6.07) is 15.4. The Hall–Kier alpha value is -2.86. The third-order valence-electron chi connectivity index (χ3n) is 5.75. The van der Waals surface area contributed by atoms with Gasteiger partial charge in [0.2, 0.25) is 11.8 Å². The quantitative estimate of drug-likeness (QED) is 0.736. The number of ether oxygens (including phenoxy) is 1. The van der Waals surface area contributed by atoms with Gasteiger partial charge in [-0.2, -0.15) is 0 Å². The highest BCUT2D eigenvalue weighted by Crippen LogP contribution is 2.26. The van der Waals surface area contributed by atoms with Gasteiger partial charge in [0.05, 0.1) is 18.8 Å². The fraction of sp³-hybridized carbons (Fsp3) is 0.417. The van der Waals surface area contributed by atoms with Crippen molar-refractivity contribution in [2.75, 3.05) is 25.5 Å². The number of nitrogens with one attached hydrogen (secondary N) is 2. The van der Waals surface area contributed by atoms with Crippen LogP contribution in [0, 0.1) is 12.8 Å². The van der Waals surface area contributed by atoms with Gasteiger partial charge in [0.15, 0.2) is 0 Å². The van der Waals surface area contributed by atoms with Gasteiger partial charge in [-0.25, -0.2) is 0 Å². The van der Waals surface area contributed by atoms with Crippen molar-refractivity contribution in [1.29, 1.82) is 0 Å². The fourth-order valence-corrected chi connectivity index (χ4v) is 3.80. The van der Waals surface area contributed by atoms with Crippen LogP contribution in [-0.2, 0) is 16.1 Å². The van der Waals surface area contributed by atoms with Crippen LogP contribution in [0.15, 0.2) is 48.5 Å². The van der Waals surface area contributed by atoms with Crippen molar-refractivity contribution in [3.8, 4) is 5.75 Å². The van der Waals surface area contributed by atoms with E-state index in [4.69, 9.17) is 4.74 Å². The first-order chi connectivity index (χ1) is 14.5. The molecule has 0 spiro atoms. The number of carbonyl (C=O) groups excluding carboxylic acids is 2. The zero-order valence-electron chi connectivity index (χ0n) is 18.0. The van der Waals surface area contributed by atoms with Gasteiger partial charge in [0, 0.05) is 12.5 Å². The van der Waals surface area contributed by atoms with E-state index >= 15 is 0 Å². The van der Waals surface area contributed by atoms with Gasteiger partial charge >= 0.3 is 0 Å². The van der Waals surface area contributed by atoms with Crippen LogP contribution in [0.2, 0.25) is 0 Å². The number of piperidine rings is 1. The maximum Gasteiger partial charge on any atom is 0.241 e. The highest BCUT2D eigenvalue weighted by atomic mass is 16.5. The number of methoxy groups -OCH3 is 1. The summed E-state index contributed by atoms with van der Waals surface area (Å²) in [4.78, 5) is 27.4. The monoisotopic (exact) mass is 409 g/mol. The molecule has 2 aromatic carbocycles. The van der Waals surface area contributed by atoms with Gasteiger partial charge in [-0.3, -0.25) is 14.5 Å². The summed E-state index contributed by atoms with van der Waals surface area (Å²) >= 11 is 0. The van der Waals surface area contributed by atoms with Crippen molar-refractivity contribution in [2.24, 2.45) is 5.92 Å². The van der Waals surface area contributed by atoms with Gasteiger partial charge in [-0.05, 0) is 63.0 Å². The molecule has 0 unspecified atom stereocenters. The molecule has 0 saturated carbocycles. The standard InChI is InChI=1S/C24H31N3O3/c1-17-9-10-22(30-3)21(15-17)26-23(28)18(2)27-13-11-20(12-14-27)24(29)25-16-19-7-5-4-6-8-19/h4-10,15,18,20H,11-14,16H2,1-3H3,(H,25,29)(H,26,28)/t18-/m1/s1. The molecule has 0 aromatic heterocycles. The summed E-state index contributed by atoms with van der Waals surface area (Å²) in [5.41, 5.74) is 2.84. The van der Waals surface area contributed by atoms with Crippen molar-refractivity contribution < 1.29 is 14.3 Å². The number of rotatable bonds is 7. The zero-order chi connectivity index (χ0) is 21.5. The molecule has 160 valence electrons. The predicted molar refractivity (Wildman–Crippen MR) is 118 cm³/mol. The normalized spacial score (nSPS) is 16.0. The van der Waals surface area contributed by atoms with E-state index in [2.05, 4.69) is 15.5 Å². The number of carbonyl (C=O) groups is 2. The van der Waals surface area contributed by atoms with Crippen molar-refractivity contribution >= 4 is 17.5 Å². The van der Waals surface area contributed by atoms with Gasteiger partial charge in [0.25, 0.3) is 0 Å². The molecule has 2 N–H and O–H groups in total. The van der Waals surface area contributed by atoms with Crippen molar-refractivity contribution in [3.63, 3.8) is 0 Å². The molecule has 1 fully saturated rings. The minimum atomic E-state index is -0.274. The lowest BCUT2D eigenvalue weighted by Gasteiger charge is -2.34. The van der Waals surface area contributed by atoms with Crippen molar-refractivity contribution in [3.05, 3.63) is 59.7 Å². The Bertz CT molecular complexity index is 861. The molecule has 1 atom stereocenters. The number of aryl methyl sites for hydroxylation is 1. The van der Waals surface area contributed by atoms with E-state index in [0.717, 1.165) is 37.1 Å². The van der Waals surface area contributed by atoms with Crippen LogP contribution in [0.3, 0.4) is 0 Å². The molecule has 6 nitrogen and oxygen atoms in total. The van der Waals surface area contributed by atoms with E-state index in [-0.39, 0.29) is 23.8 Å². The van der Waals surface area contributed by atoms with E-state index in [1.165, 1.54) is 0 Å². The lowest BCUT2D eigenvalue weighted by Crippen LogP contribution is -2.48. The third-order valence-corrected chi connectivity index (χ3v) is 5.75. The molecule has 2 aromatic rings. The average Bonchev–Trinajstić information content (AvgIpc) is 2.78. The fourth-order valence-electron chi connectivity index (χ4n) is 3.80. The molecular formula is C24H31N3O3. The second kappa shape index (κ2) is 10.3. The number of hydrogen-bond donors (Lipinski definition) is 2. The molecule has 1 heterocycles. The Morgan fingerprint density at radius 1 is 1.13 bits per heavy atom. The number of hydrogen-bond acceptors (Lipinski definition) is 4. The molecule has 3 rings (SSSR count). The molecule has 0 radical (unpaired) electrons. The molecule has 6 heteroatoms. The van der Waals surface area contributed by atoms with Crippen LogP contribution in [0.5, 0.6) is 5.75 Å². The lowest BCUT2D eigenvalue weighted by atomic mass is 9.94. The van der Waals surface area contributed by atoms with Gasteiger partial charge in [-0.15, -0.1) is 0 Å². The van der Waals surface area contributed by atoms with Crippen LogP contribution in [0.1, 0.15) is 30.9 Å². The highest BCUT2D eigenvalue weighted by molar-refractivity contribution is 5.96. The van der Waals surface area contributed by atoms with E-state index in [0.29, 0.717) is 18.0 Å². The summed E-state index contributed by atoms with van der Waals surface area (Å²) < 4.78 is 5.35. The number of likely N-dealkylation sites (tertiary alicyclic amines) is 1. The van der Waals surface area contributed by atoms with Gasteiger partial charge in [-0.1, -0.05) is 36.4 Å². The first-order valence-electron chi connectivity index (χ1n) is 10.5. The Balaban J connectivity index is 1.48. The summed E-state index contributed by atoms with van der Waals surface area (Å²) in [6.45, 7) is 5.89. The van der Waals surface area contributed by atoms with E-state index < -0.39 is 0 Å². The number of nitrogens with zero attached hydrogens (tertiary/aromatic N) is 1. The van der Waals surface area contributed by atoms with Crippen LogP contribution in [-0.4, -0.2) is 43.0 Å². The number of benzene rings is 2. The predicted octanol–water partition coefficient (Wildman–Crippen LogP) is 3.36. The largest absolute Gasteiger partial charge is 0.495 e. The molecule has 1 saturated heterocycles. The Morgan fingerprint density at radius 2 is 1.83 bits per heavy atom. The smallest absolute Gasteiger partial charge is 0.241 e. The number of amides is 2. The second-order valence-electron chi connectivity index (χ2n) is 7.88. The second-order valence-corrected chi connectivity index (χ2v) is 7.88. The summed E-state index contributed by atoms with van der Waals surface area (Å²) in [5.74, 6) is 0.679. The Labute approximate surface area is 178 Å². The van der Waals surface area contributed by atoms with Crippen molar-refractivity contribution in [1.82, 2.24) is 10.2 Å². The highest BCUT2D eigenvalue weighted by Gasteiger charge is 2.30.